The molecule has 0 aliphatic carbocycles. The van der Waals surface area contributed by atoms with Crippen molar-refractivity contribution >= 4 is 72.1 Å². The largest absolute Gasteiger partial charge is 0.493 e. The van der Waals surface area contributed by atoms with Gasteiger partial charge in [-0.05, 0) is 24.3 Å². The van der Waals surface area contributed by atoms with E-state index in [1.165, 1.54) is 11.8 Å². The standard InChI is InChI=1S/C19H15Br2NO3S2/c20-7-8-24-14-6-5-12(9-17-18(23)22-19(26)27-17)16(10-14)25-11-13-3-1-2-4-15(13)21/h1-6,9-10H,7-8,11H2,(H,22,23,26)/b17-9-. The number of hydrogen-bond donors (Lipinski definition) is 1. The second-order valence-corrected chi connectivity index (χ2v) is 8.84. The van der Waals surface area contributed by atoms with Gasteiger partial charge in [-0.1, -0.05) is 74.0 Å². The van der Waals surface area contributed by atoms with E-state index in [1.54, 1.807) is 6.08 Å². The van der Waals surface area contributed by atoms with Crippen molar-refractivity contribution in [2.75, 3.05) is 11.9 Å². The van der Waals surface area contributed by atoms with E-state index in [-0.39, 0.29) is 5.91 Å². The normalized spacial score (nSPS) is 15.1. The van der Waals surface area contributed by atoms with Gasteiger partial charge < -0.3 is 14.8 Å². The molecule has 27 heavy (non-hydrogen) atoms. The molecule has 1 amide bonds. The van der Waals surface area contributed by atoms with Crippen LogP contribution in [0.5, 0.6) is 11.5 Å². The Bertz CT molecular complexity index is 902. The fourth-order valence-electron chi connectivity index (χ4n) is 2.34. The molecule has 0 aromatic heterocycles. The highest BCUT2D eigenvalue weighted by Crippen LogP contribution is 2.32. The fraction of sp³-hybridized carbons (Fsp3) is 0.158. The maximum Gasteiger partial charge on any atom is 0.263 e. The van der Waals surface area contributed by atoms with Gasteiger partial charge in [0.15, 0.2) is 0 Å². The average molecular weight is 529 g/mol. The van der Waals surface area contributed by atoms with E-state index in [0.717, 1.165) is 20.9 Å². The topological polar surface area (TPSA) is 47.6 Å². The number of amides is 1. The molecule has 1 aliphatic rings. The third-order valence-electron chi connectivity index (χ3n) is 3.60. The Hall–Kier alpha value is -1.35. The summed E-state index contributed by atoms with van der Waals surface area (Å²) in [6, 6.07) is 13.4. The molecule has 0 bridgehead atoms. The number of alkyl halides is 1. The smallest absolute Gasteiger partial charge is 0.263 e. The summed E-state index contributed by atoms with van der Waals surface area (Å²) in [6.45, 7) is 0.938. The molecule has 1 N–H and O–H groups in total. The molecule has 4 nitrogen and oxygen atoms in total. The third-order valence-corrected chi connectivity index (χ3v) is 5.86. The van der Waals surface area contributed by atoms with Gasteiger partial charge in [0.25, 0.3) is 5.91 Å². The Balaban J connectivity index is 1.87. The van der Waals surface area contributed by atoms with Crippen LogP contribution in [0.2, 0.25) is 0 Å². The van der Waals surface area contributed by atoms with Crippen molar-refractivity contribution in [3.8, 4) is 11.5 Å². The minimum Gasteiger partial charge on any atom is -0.493 e. The Morgan fingerprint density at radius 1 is 1.19 bits per heavy atom. The van der Waals surface area contributed by atoms with Crippen LogP contribution in [0.4, 0.5) is 0 Å². The summed E-state index contributed by atoms with van der Waals surface area (Å²) in [5.74, 6) is 1.15. The van der Waals surface area contributed by atoms with E-state index in [9.17, 15) is 4.79 Å². The molecular formula is C19H15Br2NO3S2. The Morgan fingerprint density at radius 2 is 2.00 bits per heavy atom. The van der Waals surface area contributed by atoms with Crippen molar-refractivity contribution in [2.24, 2.45) is 0 Å². The quantitative estimate of drug-likeness (QED) is 0.300. The first kappa shape index (κ1) is 20.4. The number of thiocarbonyl (C=S) groups is 1. The van der Waals surface area contributed by atoms with Gasteiger partial charge in [-0.3, -0.25) is 4.79 Å². The molecule has 1 heterocycles. The van der Waals surface area contributed by atoms with Gasteiger partial charge in [-0.25, -0.2) is 0 Å². The Kier molecular flexibility index (Phi) is 7.34. The van der Waals surface area contributed by atoms with Crippen molar-refractivity contribution in [1.82, 2.24) is 5.32 Å². The van der Waals surface area contributed by atoms with Crippen LogP contribution in [0.1, 0.15) is 11.1 Å². The molecule has 0 spiro atoms. The van der Waals surface area contributed by atoms with E-state index in [2.05, 4.69) is 37.2 Å². The van der Waals surface area contributed by atoms with E-state index in [4.69, 9.17) is 21.7 Å². The maximum atomic E-state index is 12.0. The summed E-state index contributed by atoms with van der Waals surface area (Å²) in [6.07, 6.45) is 1.78. The molecule has 0 atom stereocenters. The number of nitrogens with one attached hydrogen (secondary N) is 1. The molecule has 0 unspecified atom stereocenters. The number of rotatable bonds is 7. The number of thioether (sulfide) groups is 1. The Labute approximate surface area is 184 Å². The van der Waals surface area contributed by atoms with Crippen molar-refractivity contribution < 1.29 is 14.3 Å². The zero-order valence-electron chi connectivity index (χ0n) is 14.0. The van der Waals surface area contributed by atoms with Crippen molar-refractivity contribution in [2.45, 2.75) is 6.61 Å². The number of ether oxygens (including phenoxy) is 2. The summed E-state index contributed by atoms with van der Waals surface area (Å²) in [5.41, 5.74) is 1.81. The average Bonchev–Trinajstić information content (AvgIpc) is 2.97. The SMILES string of the molecule is O=C1NC(=S)S/C1=C\c1ccc(OCCBr)cc1OCc1ccccc1Br. The van der Waals surface area contributed by atoms with Gasteiger partial charge in [0, 0.05) is 27.0 Å². The highest BCUT2D eigenvalue weighted by molar-refractivity contribution is 9.10. The highest BCUT2D eigenvalue weighted by atomic mass is 79.9. The first-order chi connectivity index (χ1) is 13.1. The van der Waals surface area contributed by atoms with E-state index in [1.807, 2.05) is 42.5 Å². The number of carbonyl (C=O) groups excluding carboxylic acids is 1. The fourth-order valence-corrected chi connectivity index (χ4v) is 3.93. The number of hydrogen-bond acceptors (Lipinski definition) is 5. The van der Waals surface area contributed by atoms with Gasteiger partial charge in [0.1, 0.15) is 22.4 Å². The molecule has 1 fully saturated rings. The lowest BCUT2D eigenvalue weighted by atomic mass is 10.1. The Morgan fingerprint density at radius 3 is 2.70 bits per heavy atom. The van der Waals surface area contributed by atoms with Crippen molar-refractivity contribution in [3.63, 3.8) is 0 Å². The van der Waals surface area contributed by atoms with Gasteiger partial charge in [0.2, 0.25) is 0 Å². The molecule has 140 valence electrons. The number of benzene rings is 2. The summed E-state index contributed by atoms with van der Waals surface area (Å²) >= 11 is 13.2. The monoisotopic (exact) mass is 527 g/mol. The zero-order chi connectivity index (χ0) is 19.2. The maximum absolute atomic E-state index is 12.0. The van der Waals surface area contributed by atoms with Crippen molar-refractivity contribution in [3.05, 3.63) is 63.0 Å². The van der Waals surface area contributed by atoms with Crippen molar-refractivity contribution in [1.29, 1.82) is 0 Å². The molecule has 0 radical (unpaired) electrons. The summed E-state index contributed by atoms with van der Waals surface area (Å²) in [5, 5.41) is 3.36. The lowest BCUT2D eigenvalue weighted by Gasteiger charge is -2.13. The van der Waals surface area contributed by atoms with Gasteiger partial charge >= 0.3 is 0 Å². The lowest BCUT2D eigenvalue weighted by Crippen LogP contribution is -2.17. The minimum atomic E-state index is -0.193. The van der Waals surface area contributed by atoms with Crippen LogP contribution in [0, 0.1) is 0 Å². The van der Waals surface area contributed by atoms with Crippen LogP contribution >= 0.6 is 55.8 Å². The molecule has 1 saturated heterocycles. The van der Waals surface area contributed by atoms with E-state index >= 15 is 0 Å². The molecule has 2 aromatic carbocycles. The second-order valence-electron chi connectivity index (χ2n) is 5.47. The lowest BCUT2D eigenvalue weighted by molar-refractivity contribution is -0.115. The molecule has 3 rings (SSSR count). The molecular weight excluding hydrogens is 514 g/mol. The molecule has 8 heteroatoms. The second kappa shape index (κ2) is 9.73. The van der Waals surface area contributed by atoms with Gasteiger partial charge in [-0.15, -0.1) is 0 Å². The minimum absolute atomic E-state index is 0.193. The molecule has 1 aliphatic heterocycles. The number of halogens is 2. The summed E-state index contributed by atoms with van der Waals surface area (Å²) in [4.78, 5) is 12.5. The third kappa shape index (κ3) is 5.57. The van der Waals surface area contributed by atoms with E-state index < -0.39 is 0 Å². The summed E-state index contributed by atoms with van der Waals surface area (Å²) < 4.78 is 13.2. The highest BCUT2D eigenvalue weighted by Gasteiger charge is 2.22. The first-order valence-corrected chi connectivity index (χ1v) is 11.1. The summed E-state index contributed by atoms with van der Waals surface area (Å²) in [7, 11) is 0. The predicted molar refractivity (Wildman–Crippen MR) is 121 cm³/mol. The van der Waals surface area contributed by atoms with Crippen LogP contribution in [-0.2, 0) is 11.4 Å². The first-order valence-electron chi connectivity index (χ1n) is 8.00. The van der Waals surface area contributed by atoms with Crippen LogP contribution in [0.25, 0.3) is 6.08 Å². The molecule has 0 saturated carbocycles. The van der Waals surface area contributed by atoms with Crippen LogP contribution in [0.3, 0.4) is 0 Å². The van der Waals surface area contributed by atoms with Crippen LogP contribution < -0.4 is 14.8 Å². The zero-order valence-corrected chi connectivity index (χ0v) is 18.8. The van der Waals surface area contributed by atoms with Crippen LogP contribution in [-0.4, -0.2) is 22.2 Å². The van der Waals surface area contributed by atoms with Gasteiger partial charge in [0.05, 0.1) is 11.5 Å². The van der Waals surface area contributed by atoms with Crippen LogP contribution in [0.15, 0.2) is 51.8 Å². The van der Waals surface area contributed by atoms with E-state index in [0.29, 0.717) is 33.9 Å². The number of carbonyl (C=O) groups is 1. The molecule has 2 aromatic rings. The predicted octanol–water partition coefficient (Wildman–Crippen LogP) is 5.29. The van der Waals surface area contributed by atoms with Gasteiger partial charge in [-0.2, -0.15) is 0 Å².